The van der Waals surface area contributed by atoms with Gasteiger partial charge in [-0.15, -0.1) is 0 Å². The Morgan fingerprint density at radius 3 is 1.91 bits per heavy atom. The second-order valence-corrected chi connectivity index (χ2v) is 9.09. The van der Waals surface area contributed by atoms with Gasteiger partial charge in [0.2, 0.25) is 5.91 Å². The molecule has 0 bridgehead atoms. The molecule has 9 heteroatoms. The minimum absolute atomic E-state index is 0.0583. The van der Waals surface area contributed by atoms with E-state index in [1.807, 2.05) is 27.7 Å². The number of ether oxygens (including phenoxy) is 1. The van der Waals surface area contributed by atoms with Crippen molar-refractivity contribution in [3.05, 3.63) is 35.4 Å². The lowest BCUT2D eigenvalue weighted by atomic mass is 9.98. The van der Waals surface area contributed by atoms with Crippen LogP contribution in [0.25, 0.3) is 0 Å². The molecule has 2 aliphatic rings. The lowest BCUT2D eigenvalue weighted by Gasteiger charge is -2.44. The highest BCUT2D eigenvalue weighted by Gasteiger charge is 2.37. The van der Waals surface area contributed by atoms with Crippen LogP contribution in [0.4, 0.5) is 13.2 Å². The number of rotatable bonds is 4. The van der Waals surface area contributed by atoms with E-state index < -0.39 is 11.7 Å². The molecule has 0 spiro atoms. The zero-order valence-corrected chi connectivity index (χ0v) is 19.1. The van der Waals surface area contributed by atoms with E-state index >= 15 is 0 Å². The minimum atomic E-state index is -4.43. The first-order valence-electron chi connectivity index (χ1n) is 11.1. The molecule has 3 rings (SSSR count). The lowest BCUT2D eigenvalue weighted by Crippen LogP contribution is -2.60. The number of nitrogens with zero attached hydrogens (tertiary/aromatic N) is 3. The van der Waals surface area contributed by atoms with Gasteiger partial charge in [-0.25, -0.2) is 0 Å². The molecule has 1 aromatic rings. The highest BCUT2D eigenvalue weighted by Crippen LogP contribution is 2.29. The van der Waals surface area contributed by atoms with E-state index in [1.165, 1.54) is 12.1 Å². The Labute approximate surface area is 187 Å². The highest BCUT2D eigenvalue weighted by molar-refractivity contribution is 5.94. The van der Waals surface area contributed by atoms with Crippen LogP contribution >= 0.6 is 0 Å². The summed E-state index contributed by atoms with van der Waals surface area (Å²) in [6.45, 7) is 11.0. The molecule has 178 valence electrons. The van der Waals surface area contributed by atoms with Crippen molar-refractivity contribution in [3.8, 4) is 0 Å². The number of halogens is 3. The standard InChI is InChI=1S/C23H32F3N3O3/c1-15(2)20(29-13-16(3)32-17(4)14-29)22(31)28-11-9-27(10-12-28)21(30)18-5-7-19(8-6-18)23(24,25)26/h5-8,15-17,20H,9-14H2,1-4H3. The van der Waals surface area contributed by atoms with Crippen LogP contribution < -0.4 is 0 Å². The van der Waals surface area contributed by atoms with Crippen LogP contribution in [0, 0.1) is 5.92 Å². The summed E-state index contributed by atoms with van der Waals surface area (Å²) in [7, 11) is 0. The molecule has 2 heterocycles. The molecule has 1 aromatic carbocycles. The molecule has 2 aliphatic heterocycles. The Balaban J connectivity index is 1.61. The first kappa shape index (κ1) is 24.5. The van der Waals surface area contributed by atoms with Crippen molar-refractivity contribution in [2.45, 2.75) is 52.1 Å². The lowest BCUT2D eigenvalue weighted by molar-refractivity contribution is -0.146. The molecule has 0 aliphatic carbocycles. The first-order valence-corrected chi connectivity index (χ1v) is 11.1. The largest absolute Gasteiger partial charge is 0.416 e. The monoisotopic (exact) mass is 455 g/mol. The van der Waals surface area contributed by atoms with Crippen molar-refractivity contribution in [3.63, 3.8) is 0 Å². The third kappa shape index (κ3) is 5.61. The predicted molar refractivity (Wildman–Crippen MR) is 114 cm³/mol. The van der Waals surface area contributed by atoms with E-state index in [4.69, 9.17) is 4.74 Å². The molecule has 3 atom stereocenters. The normalized spacial score (nSPS) is 24.0. The van der Waals surface area contributed by atoms with E-state index in [-0.39, 0.29) is 41.5 Å². The summed E-state index contributed by atoms with van der Waals surface area (Å²) in [5.41, 5.74) is -0.565. The maximum atomic E-state index is 13.4. The summed E-state index contributed by atoms with van der Waals surface area (Å²) < 4.78 is 44.1. The summed E-state index contributed by atoms with van der Waals surface area (Å²) in [5, 5.41) is 0. The van der Waals surface area contributed by atoms with E-state index in [2.05, 4.69) is 4.90 Å². The average Bonchev–Trinajstić information content (AvgIpc) is 2.72. The van der Waals surface area contributed by atoms with Gasteiger partial charge in [-0.2, -0.15) is 13.2 Å². The Kier molecular flexibility index (Phi) is 7.50. The summed E-state index contributed by atoms with van der Waals surface area (Å²) >= 11 is 0. The number of carbonyl (C=O) groups is 2. The molecule has 0 aromatic heterocycles. The van der Waals surface area contributed by atoms with Crippen LogP contribution in [-0.4, -0.2) is 84.0 Å². The SMILES string of the molecule is CC1CN(C(C(=O)N2CCN(C(=O)c3ccc(C(F)(F)F)cc3)CC2)C(C)C)CC(C)O1. The van der Waals surface area contributed by atoms with Crippen molar-refractivity contribution in [1.82, 2.24) is 14.7 Å². The quantitative estimate of drug-likeness (QED) is 0.700. The summed E-state index contributed by atoms with van der Waals surface area (Å²) in [6, 6.07) is 4.01. The van der Waals surface area contributed by atoms with E-state index in [0.29, 0.717) is 39.3 Å². The second-order valence-electron chi connectivity index (χ2n) is 9.09. The molecule has 3 unspecified atom stereocenters. The second kappa shape index (κ2) is 9.79. The van der Waals surface area contributed by atoms with Gasteiger partial charge in [0.1, 0.15) is 0 Å². The van der Waals surface area contributed by atoms with Gasteiger partial charge in [-0.1, -0.05) is 13.8 Å². The fraction of sp³-hybridized carbons (Fsp3) is 0.652. The van der Waals surface area contributed by atoms with Gasteiger partial charge >= 0.3 is 6.18 Å². The fourth-order valence-corrected chi connectivity index (χ4v) is 4.61. The number of hydrogen-bond donors (Lipinski definition) is 0. The number of morpholine rings is 1. The third-order valence-corrected chi connectivity index (χ3v) is 6.06. The minimum Gasteiger partial charge on any atom is -0.373 e. The predicted octanol–water partition coefficient (Wildman–Crippen LogP) is 3.12. The molecule has 0 radical (unpaired) electrons. The van der Waals surface area contributed by atoms with Crippen LogP contribution in [0.1, 0.15) is 43.6 Å². The van der Waals surface area contributed by atoms with Gasteiger partial charge < -0.3 is 14.5 Å². The molecule has 2 amide bonds. The maximum Gasteiger partial charge on any atom is 0.416 e. The number of piperazine rings is 1. The maximum absolute atomic E-state index is 13.4. The van der Waals surface area contributed by atoms with Crippen molar-refractivity contribution in [2.75, 3.05) is 39.3 Å². The molecule has 2 saturated heterocycles. The zero-order valence-electron chi connectivity index (χ0n) is 19.1. The molecule has 32 heavy (non-hydrogen) atoms. The smallest absolute Gasteiger partial charge is 0.373 e. The number of amides is 2. The Hall–Kier alpha value is -2.13. The van der Waals surface area contributed by atoms with Gasteiger partial charge in [0.05, 0.1) is 23.8 Å². The molecular weight excluding hydrogens is 423 g/mol. The molecule has 0 N–H and O–H groups in total. The number of alkyl halides is 3. The van der Waals surface area contributed by atoms with Crippen LogP contribution in [0.15, 0.2) is 24.3 Å². The van der Waals surface area contributed by atoms with Gasteiger partial charge in [0, 0.05) is 44.8 Å². The van der Waals surface area contributed by atoms with E-state index in [1.54, 1.807) is 9.80 Å². The van der Waals surface area contributed by atoms with Gasteiger partial charge in [-0.05, 0) is 44.0 Å². The summed E-state index contributed by atoms with van der Waals surface area (Å²) in [6.07, 6.45) is -4.31. The molecular formula is C23H32F3N3O3. The van der Waals surface area contributed by atoms with Crippen molar-refractivity contribution in [2.24, 2.45) is 5.92 Å². The van der Waals surface area contributed by atoms with Gasteiger partial charge in [0.15, 0.2) is 0 Å². The Morgan fingerprint density at radius 2 is 1.44 bits per heavy atom. The first-order chi connectivity index (χ1) is 15.0. The Bertz CT molecular complexity index is 795. The van der Waals surface area contributed by atoms with Crippen LogP contribution in [0.3, 0.4) is 0 Å². The Morgan fingerprint density at radius 1 is 0.938 bits per heavy atom. The summed E-state index contributed by atoms with van der Waals surface area (Å²) in [5.74, 6) is -0.128. The molecule has 2 fully saturated rings. The topological polar surface area (TPSA) is 53.1 Å². The van der Waals surface area contributed by atoms with Gasteiger partial charge in [0.25, 0.3) is 5.91 Å². The van der Waals surface area contributed by atoms with Crippen LogP contribution in [0.2, 0.25) is 0 Å². The van der Waals surface area contributed by atoms with Gasteiger partial charge in [-0.3, -0.25) is 14.5 Å². The van der Waals surface area contributed by atoms with Crippen molar-refractivity contribution < 1.29 is 27.5 Å². The molecule has 0 saturated carbocycles. The third-order valence-electron chi connectivity index (χ3n) is 6.06. The van der Waals surface area contributed by atoms with Crippen molar-refractivity contribution >= 4 is 11.8 Å². The van der Waals surface area contributed by atoms with Crippen LogP contribution in [-0.2, 0) is 15.7 Å². The number of hydrogen-bond acceptors (Lipinski definition) is 4. The summed E-state index contributed by atoms with van der Waals surface area (Å²) in [4.78, 5) is 31.7. The number of carbonyl (C=O) groups excluding carboxylic acids is 2. The van der Waals surface area contributed by atoms with E-state index in [0.717, 1.165) is 12.1 Å². The number of benzene rings is 1. The molecule has 6 nitrogen and oxygen atoms in total. The van der Waals surface area contributed by atoms with Crippen LogP contribution in [0.5, 0.6) is 0 Å². The zero-order chi connectivity index (χ0) is 23.6. The average molecular weight is 456 g/mol. The van der Waals surface area contributed by atoms with E-state index in [9.17, 15) is 22.8 Å². The van der Waals surface area contributed by atoms with Crippen molar-refractivity contribution in [1.29, 1.82) is 0 Å². The highest BCUT2D eigenvalue weighted by atomic mass is 19.4. The fourth-order valence-electron chi connectivity index (χ4n) is 4.61.